The smallest absolute Gasteiger partial charge is 0.326 e. The fourth-order valence-electron chi connectivity index (χ4n) is 2.49. The van der Waals surface area contributed by atoms with E-state index in [0.29, 0.717) is 19.5 Å². The van der Waals surface area contributed by atoms with Crippen LogP contribution in [-0.4, -0.2) is 22.0 Å². The topological polar surface area (TPSA) is 66.9 Å². The van der Waals surface area contributed by atoms with Gasteiger partial charge in [0.1, 0.15) is 0 Å². The highest BCUT2D eigenvalue weighted by atomic mass is 79.9. The van der Waals surface area contributed by atoms with Gasteiger partial charge in [-0.25, -0.2) is 4.79 Å². The van der Waals surface area contributed by atoms with Crippen LogP contribution in [0.4, 0.5) is 0 Å². The van der Waals surface area contributed by atoms with Crippen LogP contribution >= 0.6 is 15.9 Å². The number of hydrogen-bond acceptors (Lipinski definition) is 2. The third-order valence-electron chi connectivity index (χ3n) is 3.62. The normalized spacial score (nSPS) is 10.8. The zero-order chi connectivity index (χ0) is 16.2. The summed E-state index contributed by atoms with van der Waals surface area (Å²) in [6.07, 6.45) is 0.329. The molecule has 0 atom stereocenters. The maximum absolute atomic E-state index is 12.0. The van der Waals surface area contributed by atoms with Gasteiger partial charge >= 0.3 is 5.69 Å². The third-order valence-corrected chi connectivity index (χ3v) is 4.15. The molecule has 0 saturated carbocycles. The summed E-state index contributed by atoms with van der Waals surface area (Å²) in [7, 11) is 0. The Morgan fingerprint density at radius 1 is 1.13 bits per heavy atom. The van der Waals surface area contributed by atoms with Gasteiger partial charge < -0.3 is 10.3 Å². The largest absolute Gasteiger partial charge is 0.354 e. The van der Waals surface area contributed by atoms with Crippen molar-refractivity contribution in [1.82, 2.24) is 14.9 Å². The standard InChI is InChI=1S/C17H16BrN3O2/c18-13-7-5-12(6-8-13)11-16(22)19-9-10-21-15-4-2-1-3-14(15)20-17(21)23/h1-8H,9-11H2,(H,19,22)(H,20,23). The lowest BCUT2D eigenvalue weighted by Gasteiger charge is -2.07. The van der Waals surface area contributed by atoms with Crippen molar-refractivity contribution in [3.05, 3.63) is 69.1 Å². The molecule has 2 N–H and O–H groups in total. The van der Waals surface area contributed by atoms with Crippen LogP contribution < -0.4 is 11.0 Å². The van der Waals surface area contributed by atoms with Crippen molar-refractivity contribution < 1.29 is 4.79 Å². The first-order valence-electron chi connectivity index (χ1n) is 7.32. The van der Waals surface area contributed by atoms with Crippen LogP contribution in [0.15, 0.2) is 57.8 Å². The van der Waals surface area contributed by atoms with E-state index in [1.807, 2.05) is 48.5 Å². The quantitative estimate of drug-likeness (QED) is 0.721. The van der Waals surface area contributed by atoms with E-state index in [2.05, 4.69) is 26.2 Å². The minimum atomic E-state index is -0.159. The van der Waals surface area contributed by atoms with Gasteiger partial charge in [0.2, 0.25) is 5.91 Å². The van der Waals surface area contributed by atoms with E-state index in [1.165, 1.54) is 0 Å². The minimum absolute atomic E-state index is 0.0554. The number of benzene rings is 2. The number of amides is 1. The third kappa shape index (κ3) is 3.71. The number of halogens is 1. The van der Waals surface area contributed by atoms with Gasteiger partial charge in [-0.2, -0.15) is 0 Å². The van der Waals surface area contributed by atoms with Crippen molar-refractivity contribution in [1.29, 1.82) is 0 Å². The Bertz CT molecular complexity index is 881. The minimum Gasteiger partial charge on any atom is -0.354 e. The second-order valence-electron chi connectivity index (χ2n) is 5.25. The van der Waals surface area contributed by atoms with Crippen LogP contribution in [0.25, 0.3) is 11.0 Å². The van der Waals surface area contributed by atoms with Crippen molar-refractivity contribution in [2.24, 2.45) is 0 Å². The number of carbonyl (C=O) groups is 1. The summed E-state index contributed by atoms with van der Waals surface area (Å²) >= 11 is 3.37. The molecule has 0 saturated heterocycles. The number of imidazole rings is 1. The maximum atomic E-state index is 12.0. The van der Waals surface area contributed by atoms with Gasteiger partial charge in [-0.05, 0) is 29.8 Å². The van der Waals surface area contributed by atoms with E-state index in [-0.39, 0.29) is 11.6 Å². The number of hydrogen-bond donors (Lipinski definition) is 2. The Morgan fingerprint density at radius 3 is 2.65 bits per heavy atom. The molecule has 0 fully saturated rings. The van der Waals surface area contributed by atoms with E-state index in [4.69, 9.17) is 0 Å². The second-order valence-corrected chi connectivity index (χ2v) is 6.17. The predicted molar refractivity (Wildman–Crippen MR) is 93.4 cm³/mol. The van der Waals surface area contributed by atoms with E-state index in [9.17, 15) is 9.59 Å². The van der Waals surface area contributed by atoms with Gasteiger partial charge in [0, 0.05) is 17.6 Å². The molecule has 3 rings (SSSR count). The molecular formula is C17H16BrN3O2. The van der Waals surface area contributed by atoms with Gasteiger partial charge in [0.15, 0.2) is 0 Å². The molecule has 1 amide bonds. The molecule has 3 aromatic rings. The van der Waals surface area contributed by atoms with Crippen LogP contribution in [0.1, 0.15) is 5.56 Å². The Morgan fingerprint density at radius 2 is 1.87 bits per heavy atom. The molecule has 118 valence electrons. The van der Waals surface area contributed by atoms with Gasteiger partial charge in [-0.15, -0.1) is 0 Å². The van der Waals surface area contributed by atoms with E-state index >= 15 is 0 Å². The van der Waals surface area contributed by atoms with Gasteiger partial charge in [-0.1, -0.05) is 40.2 Å². The Balaban J connectivity index is 1.58. The van der Waals surface area contributed by atoms with Crippen molar-refractivity contribution in [2.75, 3.05) is 6.54 Å². The molecule has 0 aliphatic rings. The van der Waals surface area contributed by atoms with Gasteiger partial charge in [-0.3, -0.25) is 9.36 Å². The number of H-pyrrole nitrogens is 1. The number of carbonyl (C=O) groups excluding carboxylic acids is 1. The molecule has 5 nitrogen and oxygen atoms in total. The molecule has 2 aromatic carbocycles. The van der Waals surface area contributed by atoms with Crippen LogP contribution in [0.5, 0.6) is 0 Å². The second kappa shape index (κ2) is 6.83. The molecule has 0 aliphatic carbocycles. The SMILES string of the molecule is O=C(Cc1ccc(Br)cc1)NCCn1c(=O)[nH]c2ccccc21. The monoisotopic (exact) mass is 373 g/mol. The Kier molecular flexibility index (Phi) is 4.62. The fourth-order valence-corrected chi connectivity index (χ4v) is 2.75. The molecule has 1 aromatic heterocycles. The number of aromatic amines is 1. The Labute approximate surface area is 141 Å². The highest BCUT2D eigenvalue weighted by Gasteiger charge is 2.07. The lowest BCUT2D eigenvalue weighted by Crippen LogP contribution is -2.31. The van der Waals surface area contributed by atoms with Crippen LogP contribution in [0.2, 0.25) is 0 Å². The van der Waals surface area contributed by atoms with Crippen molar-refractivity contribution in [3.8, 4) is 0 Å². The first-order chi connectivity index (χ1) is 11.1. The number of nitrogens with zero attached hydrogens (tertiary/aromatic N) is 1. The summed E-state index contributed by atoms with van der Waals surface area (Å²) in [5.74, 6) is -0.0554. The molecule has 23 heavy (non-hydrogen) atoms. The van der Waals surface area contributed by atoms with Crippen molar-refractivity contribution >= 4 is 32.9 Å². The number of para-hydroxylation sites is 2. The van der Waals surface area contributed by atoms with Crippen molar-refractivity contribution in [2.45, 2.75) is 13.0 Å². The van der Waals surface area contributed by atoms with Gasteiger partial charge in [0.25, 0.3) is 0 Å². The zero-order valence-electron chi connectivity index (χ0n) is 12.4. The summed E-state index contributed by atoms with van der Waals surface area (Å²) in [6.45, 7) is 0.853. The maximum Gasteiger partial charge on any atom is 0.326 e. The molecule has 1 heterocycles. The number of nitrogens with one attached hydrogen (secondary N) is 2. The Hall–Kier alpha value is -2.34. The lowest BCUT2D eigenvalue weighted by atomic mass is 10.1. The lowest BCUT2D eigenvalue weighted by molar-refractivity contribution is -0.120. The van der Waals surface area contributed by atoms with E-state index in [1.54, 1.807) is 4.57 Å². The van der Waals surface area contributed by atoms with Crippen LogP contribution in [0.3, 0.4) is 0 Å². The van der Waals surface area contributed by atoms with Crippen LogP contribution in [-0.2, 0) is 17.8 Å². The number of rotatable bonds is 5. The summed E-state index contributed by atoms with van der Waals surface area (Å²) in [6, 6.07) is 15.2. The highest BCUT2D eigenvalue weighted by Crippen LogP contribution is 2.11. The number of fused-ring (bicyclic) bond motifs is 1. The summed E-state index contributed by atoms with van der Waals surface area (Å²) in [5, 5.41) is 2.85. The molecule has 0 bridgehead atoms. The average molecular weight is 374 g/mol. The van der Waals surface area contributed by atoms with E-state index < -0.39 is 0 Å². The van der Waals surface area contributed by atoms with Crippen LogP contribution in [0, 0.1) is 0 Å². The van der Waals surface area contributed by atoms with Gasteiger partial charge in [0.05, 0.1) is 17.5 Å². The number of aromatic nitrogens is 2. The zero-order valence-corrected chi connectivity index (χ0v) is 14.0. The molecule has 0 radical (unpaired) electrons. The molecule has 0 aliphatic heterocycles. The predicted octanol–water partition coefficient (Wildman–Crippen LogP) is 2.45. The molecule has 0 unspecified atom stereocenters. The first kappa shape index (κ1) is 15.6. The molecular weight excluding hydrogens is 358 g/mol. The highest BCUT2D eigenvalue weighted by molar-refractivity contribution is 9.10. The van der Waals surface area contributed by atoms with Crippen molar-refractivity contribution in [3.63, 3.8) is 0 Å². The molecule has 0 spiro atoms. The summed E-state index contributed by atoms with van der Waals surface area (Å²) in [4.78, 5) is 26.7. The average Bonchev–Trinajstić information content (AvgIpc) is 2.86. The first-order valence-corrected chi connectivity index (χ1v) is 8.11. The fraction of sp³-hybridized carbons (Fsp3) is 0.176. The molecule has 6 heteroatoms. The summed E-state index contributed by atoms with van der Waals surface area (Å²) < 4.78 is 2.62. The summed E-state index contributed by atoms with van der Waals surface area (Å²) in [5.41, 5.74) is 2.45. The van der Waals surface area contributed by atoms with E-state index in [0.717, 1.165) is 21.1 Å².